The van der Waals surface area contributed by atoms with Crippen LogP contribution in [0.2, 0.25) is 0 Å². The van der Waals surface area contributed by atoms with Crippen LogP contribution in [0.15, 0.2) is 71.2 Å². The molecule has 2 aromatic carbocycles. The third-order valence-corrected chi connectivity index (χ3v) is 4.79. The van der Waals surface area contributed by atoms with Crippen molar-refractivity contribution in [2.24, 2.45) is 10.9 Å². The average molecular weight is 380 g/mol. The predicted octanol–water partition coefficient (Wildman–Crippen LogP) is 4.37. The molecule has 6 heteroatoms. The Labute approximate surface area is 162 Å². The molecule has 0 aliphatic heterocycles. The van der Waals surface area contributed by atoms with Gasteiger partial charge in [-0.05, 0) is 53.3 Å². The number of rotatable bonds is 7. The summed E-state index contributed by atoms with van der Waals surface area (Å²) in [6.45, 7) is 2.46. The second-order valence-electron chi connectivity index (χ2n) is 5.82. The van der Waals surface area contributed by atoms with Crippen LogP contribution >= 0.6 is 11.3 Å². The maximum Gasteiger partial charge on any atom is 0.365 e. The maximum atomic E-state index is 12.2. The van der Waals surface area contributed by atoms with Crippen molar-refractivity contribution in [3.63, 3.8) is 0 Å². The number of hydrogen-bond donors (Lipinski definition) is 1. The van der Waals surface area contributed by atoms with Gasteiger partial charge in [0.2, 0.25) is 0 Å². The Morgan fingerprint density at radius 2 is 1.89 bits per heavy atom. The molecule has 0 spiro atoms. The number of aryl methyl sites for hydroxylation is 1. The van der Waals surface area contributed by atoms with Crippen molar-refractivity contribution in [3.05, 3.63) is 87.6 Å². The van der Waals surface area contributed by atoms with Gasteiger partial charge in [-0.1, -0.05) is 42.4 Å². The third-order valence-electron chi connectivity index (χ3n) is 3.90. The second kappa shape index (κ2) is 9.00. The fourth-order valence-electron chi connectivity index (χ4n) is 2.39. The minimum atomic E-state index is -0.566. The highest BCUT2D eigenvalue weighted by Gasteiger charge is 2.09. The number of carbonyl (C=O) groups is 1. The lowest BCUT2D eigenvalue weighted by atomic mass is 10.1. The van der Waals surface area contributed by atoms with Gasteiger partial charge in [0, 0.05) is 0 Å². The lowest BCUT2D eigenvalue weighted by Crippen LogP contribution is -2.13. The quantitative estimate of drug-likeness (QED) is 0.286. The Balaban J connectivity index is 1.60. The van der Waals surface area contributed by atoms with Gasteiger partial charge in [0.05, 0.1) is 10.4 Å². The number of benzene rings is 2. The van der Waals surface area contributed by atoms with E-state index in [-0.39, 0.29) is 5.84 Å². The van der Waals surface area contributed by atoms with Gasteiger partial charge in [-0.2, -0.15) is 0 Å². The van der Waals surface area contributed by atoms with Crippen molar-refractivity contribution >= 4 is 23.1 Å². The first kappa shape index (κ1) is 18.7. The van der Waals surface area contributed by atoms with Gasteiger partial charge >= 0.3 is 5.97 Å². The first-order valence-electron chi connectivity index (χ1n) is 8.55. The van der Waals surface area contributed by atoms with Crippen LogP contribution in [0, 0.1) is 0 Å². The van der Waals surface area contributed by atoms with Crippen LogP contribution in [-0.2, 0) is 17.9 Å². The van der Waals surface area contributed by atoms with Gasteiger partial charge in [0.15, 0.2) is 5.84 Å². The van der Waals surface area contributed by atoms with Gasteiger partial charge in [0.1, 0.15) is 12.4 Å². The zero-order valence-electron chi connectivity index (χ0n) is 14.9. The molecule has 3 aromatic rings. The first-order valence-corrected chi connectivity index (χ1v) is 9.43. The lowest BCUT2D eigenvalue weighted by Gasteiger charge is -2.08. The molecule has 0 unspecified atom stereocenters. The third kappa shape index (κ3) is 5.18. The average Bonchev–Trinajstić information content (AvgIpc) is 3.26. The van der Waals surface area contributed by atoms with Gasteiger partial charge in [-0.25, -0.2) is 4.79 Å². The molecule has 0 amide bonds. The van der Waals surface area contributed by atoms with Gasteiger partial charge in [-0.3, -0.25) is 0 Å². The molecule has 0 bridgehead atoms. The van der Waals surface area contributed by atoms with E-state index in [2.05, 4.69) is 12.1 Å². The lowest BCUT2D eigenvalue weighted by molar-refractivity contribution is 0.0516. The molecule has 2 N–H and O–H groups in total. The van der Waals surface area contributed by atoms with E-state index in [9.17, 15) is 4.79 Å². The van der Waals surface area contributed by atoms with Crippen LogP contribution < -0.4 is 10.5 Å². The van der Waals surface area contributed by atoms with E-state index in [0.717, 1.165) is 22.6 Å². The molecule has 0 radical (unpaired) electrons. The smallest absolute Gasteiger partial charge is 0.365 e. The minimum absolute atomic E-state index is 0.174. The zero-order chi connectivity index (χ0) is 19.1. The van der Waals surface area contributed by atoms with E-state index < -0.39 is 5.97 Å². The van der Waals surface area contributed by atoms with Crippen LogP contribution in [-0.4, -0.2) is 11.8 Å². The van der Waals surface area contributed by atoms with Crippen molar-refractivity contribution in [1.82, 2.24) is 0 Å². The SMILES string of the molecule is CCc1ccc(OCc2cccc(C(=O)O/N=C(\N)c3cccs3)c2)cc1. The van der Waals surface area contributed by atoms with Crippen LogP contribution in [0.3, 0.4) is 0 Å². The van der Waals surface area contributed by atoms with Crippen molar-refractivity contribution in [2.75, 3.05) is 0 Å². The van der Waals surface area contributed by atoms with Crippen molar-refractivity contribution in [3.8, 4) is 5.75 Å². The summed E-state index contributed by atoms with van der Waals surface area (Å²) in [5.74, 6) is 0.394. The topological polar surface area (TPSA) is 73.9 Å². The van der Waals surface area contributed by atoms with Crippen molar-refractivity contribution < 1.29 is 14.4 Å². The maximum absolute atomic E-state index is 12.2. The summed E-state index contributed by atoms with van der Waals surface area (Å²) in [6, 6.07) is 18.7. The van der Waals surface area contributed by atoms with Crippen LogP contribution in [0.4, 0.5) is 0 Å². The van der Waals surface area contributed by atoms with Gasteiger partial charge < -0.3 is 15.3 Å². The summed E-state index contributed by atoms with van der Waals surface area (Å²) >= 11 is 1.42. The minimum Gasteiger partial charge on any atom is -0.489 e. The number of nitrogens with zero attached hydrogens (tertiary/aromatic N) is 1. The van der Waals surface area contributed by atoms with E-state index in [1.54, 1.807) is 18.2 Å². The Kier molecular flexibility index (Phi) is 6.22. The van der Waals surface area contributed by atoms with Crippen LogP contribution in [0.25, 0.3) is 0 Å². The van der Waals surface area contributed by atoms with Crippen molar-refractivity contribution in [2.45, 2.75) is 20.0 Å². The van der Waals surface area contributed by atoms with Gasteiger partial charge in [0.25, 0.3) is 0 Å². The molecule has 1 aromatic heterocycles. The molecule has 0 aliphatic carbocycles. The van der Waals surface area contributed by atoms with Gasteiger partial charge in [-0.15, -0.1) is 11.3 Å². The fraction of sp³-hybridized carbons (Fsp3) is 0.143. The Morgan fingerprint density at radius 3 is 2.59 bits per heavy atom. The highest BCUT2D eigenvalue weighted by Crippen LogP contribution is 2.16. The molecular formula is C21H20N2O3S. The molecule has 0 saturated carbocycles. The largest absolute Gasteiger partial charge is 0.489 e. The van der Waals surface area contributed by atoms with E-state index in [0.29, 0.717) is 12.2 Å². The van der Waals surface area contributed by atoms with Crippen molar-refractivity contribution in [1.29, 1.82) is 0 Å². The molecule has 1 heterocycles. The number of oxime groups is 1. The number of ether oxygens (including phenoxy) is 1. The Hall–Kier alpha value is -3.12. The van der Waals surface area contributed by atoms with E-state index in [4.69, 9.17) is 15.3 Å². The molecule has 5 nitrogen and oxygen atoms in total. The molecule has 27 heavy (non-hydrogen) atoms. The monoisotopic (exact) mass is 380 g/mol. The Bertz CT molecular complexity index is 919. The molecule has 0 aliphatic rings. The molecular weight excluding hydrogens is 360 g/mol. The predicted molar refractivity (Wildman–Crippen MR) is 107 cm³/mol. The molecule has 0 fully saturated rings. The summed E-state index contributed by atoms with van der Waals surface area (Å²) in [6.07, 6.45) is 0.990. The van der Waals surface area contributed by atoms with E-state index in [1.807, 2.05) is 47.8 Å². The number of hydrogen-bond acceptors (Lipinski definition) is 5. The van der Waals surface area contributed by atoms with E-state index in [1.165, 1.54) is 16.9 Å². The first-order chi connectivity index (χ1) is 13.2. The summed E-state index contributed by atoms with van der Waals surface area (Å²) in [4.78, 5) is 17.9. The molecule has 138 valence electrons. The number of carbonyl (C=O) groups excluding carboxylic acids is 1. The summed E-state index contributed by atoms with van der Waals surface area (Å²) in [5, 5.41) is 5.58. The highest BCUT2D eigenvalue weighted by atomic mass is 32.1. The van der Waals surface area contributed by atoms with Crippen LogP contribution in [0.1, 0.15) is 33.3 Å². The summed E-state index contributed by atoms with van der Waals surface area (Å²) in [7, 11) is 0. The van der Waals surface area contributed by atoms with E-state index >= 15 is 0 Å². The summed E-state index contributed by atoms with van der Waals surface area (Å²) in [5.41, 5.74) is 8.30. The summed E-state index contributed by atoms with van der Waals surface area (Å²) < 4.78 is 5.78. The molecule has 0 saturated heterocycles. The number of amidine groups is 1. The number of nitrogens with two attached hydrogens (primary N) is 1. The Morgan fingerprint density at radius 1 is 1.07 bits per heavy atom. The van der Waals surface area contributed by atoms with Crippen LogP contribution in [0.5, 0.6) is 5.75 Å². The zero-order valence-corrected chi connectivity index (χ0v) is 15.7. The highest BCUT2D eigenvalue weighted by molar-refractivity contribution is 7.12. The number of thiophene rings is 1. The standard InChI is InChI=1S/C21H20N2O3S/c1-2-15-8-10-18(11-9-15)25-14-16-5-3-6-17(13-16)21(24)26-23-20(22)19-7-4-12-27-19/h3-13H,2,14H2,1H3,(H2,22,23). The fourth-order valence-corrected chi connectivity index (χ4v) is 3.01. The molecule has 0 atom stereocenters. The second-order valence-corrected chi connectivity index (χ2v) is 6.77. The normalized spacial score (nSPS) is 11.2. The molecule has 3 rings (SSSR count).